The van der Waals surface area contributed by atoms with Gasteiger partial charge >= 0.3 is 12.1 Å². The first kappa shape index (κ1) is 35.8. The molecule has 0 saturated carbocycles. The molecule has 3 amide bonds. The number of carbonyl (C=O) groups is 4. The lowest BCUT2D eigenvalue weighted by Gasteiger charge is -2.39. The third-order valence-electron chi connectivity index (χ3n) is 7.24. The summed E-state index contributed by atoms with van der Waals surface area (Å²) in [5.74, 6) is -1.42. The summed E-state index contributed by atoms with van der Waals surface area (Å²) in [6, 6.07) is 14.0. The van der Waals surface area contributed by atoms with Crippen molar-refractivity contribution in [3.8, 4) is 0 Å². The third-order valence-corrected chi connectivity index (χ3v) is 7.47. The second kappa shape index (κ2) is 14.6. The van der Waals surface area contributed by atoms with Gasteiger partial charge in [0.2, 0.25) is 11.8 Å². The molecule has 0 radical (unpaired) electrons. The summed E-state index contributed by atoms with van der Waals surface area (Å²) in [6.45, 7) is 15.2. The number of rotatable bonds is 10. The maximum absolute atomic E-state index is 13.5. The second-order valence-corrected chi connectivity index (χ2v) is 14.2. The summed E-state index contributed by atoms with van der Waals surface area (Å²) in [7, 11) is 0. The molecule has 1 aliphatic rings. The number of amides is 3. The topological polar surface area (TPSA) is 117 Å². The molecule has 1 heterocycles. The largest absolute Gasteiger partial charge is 0.458 e. The monoisotopic (exact) mass is 642 g/mol. The Morgan fingerprint density at radius 3 is 2.18 bits per heavy atom. The van der Waals surface area contributed by atoms with Crippen LogP contribution < -0.4 is 15.5 Å². The zero-order chi connectivity index (χ0) is 33.6. The van der Waals surface area contributed by atoms with Gasteiger partial charge in [0.15, 0.2) is 0 Å². The SMILES string of the molecule is CC(C)(C)OC(=O)NCc1ccc(Cl)cc1CN1CCC[C@H]1C(=O)NC(=O)CN(c1ccccc1)C(C)(C)C(=O)OC(C)(C)C. The number of anilines is 1. The third kappa shape index (κ3) is 10.7. The van der Waals surface area contributed by atoms with Crippen LogP contribution in [0.5, 0.6) is 0 Å². The van der Waals surface area contributed by atoms with E-state index in [0.29, 0.717) is 30.2 Å². The van der Waals surface area contributed by atoms with Crippen molar-refractivity contribution in [2.75, 3.05) is 18.0 Å². The fraction of sp³-hybridized carbons (Fsp3) is 0.529. The number of hydrogen-bond acceptors (Lipinski definition) is 8. The molecule has 0 spiro atoms. The van der Waals surface area contributed by atoms with Crippen LogP contribution in [0.25, 0.3) is 0 Å². The Balaban J connectivity index is 1.72. The maximum atomic E-state index is 13.5. The van der Waals surface area contributed by atoms with Crippen molar-refractivity contribution in [2.24, 2.45) is 0 Å². The normalized spacial score (nSPS) is 15.7. The molecule has 11 heteroatoms. The number of likely N-dealkylation sites (tertiary alicyclic amines) is 1. The molecule has 1 aliphatic heterocycles. The number of benzene rings is 2. The number of imide groups is 1. The molecule has 3 rings (SSSR count). The summed E-state index contributed by atoms with van der Waals surface area (Å²) < 4.78 is 11.0. The average molecular weight is 643 g/mol. The minimum atomic E-state index is -1.20. The van der Waals surface area contributed by atoms with Crippen molar-refractivity contribution in [1.29, 1.82) is 0 Å². The van der Waals surface area contributed by atoms with Gasteiger partial charge in [-0.15, -0.1) is 0 Å². The summed E-state index contributed by atoms with van der Waals surface area (Å²) in [4.78, 5) is 55.9. The summed E-state index contributed by atoms with van der Waals surface area (Å²) in [5.41, 5.74) is -0.189. The second-order valence-electron chi connectivity index (χ2n) is 13.8. The average Bonchev–Trinajstić information content (AvgIpc) is 3.38. The predicted molar refractivity (Wildman–Crippen MR) is 175 cm³/mol. The minimum Gasteiger partial charge on any atom is -0.458 e. The van der Waals surface area contributed by atoms with Gasteiger partial charge in [0.05, 0.1) is 12.6 Å². The quantitative estimate of drug-likeness (QED) is 0.322. The fourth-order valence-electron chi connectivity index (χ4n) is 5.06. The Morgan fingerprint density at radius 2 is 1.56 bits per heavy atom. The minimum absolute atomic E-state index is 0.230. The Hall–Kier alpha value is -3.63. The van der Waals surface area contributed by atoms with Gasteiger partial charge in [-0.2, -0.15) is 0 Å². The summed E-state index contributed by atoms with van der Waals surface area (Å²) >= 11 is 6.32. The van der Waals surface area contributed by atoms with Crippen molar-refractivity contribution in [3.05, 3.63) is 64.7 Å². The highest BCUT2D eigenvalue weighted by molar-refractivity contribution is 6.30. The molecular formula is C34H47ClN4O6. The first-order chi connectivity index (χ1) is 20.9. The van der Waals surface area contributed by atoms with E-state index in [0.717, 1.165) is 17.5 Å². The predicted octanol–water partition coefficient (Wildman–Crippen LogP) is 5.60. The van der Waals surface area contributed by atoms with Gasteiger partial charge in [-0.1, -0.05) is 35.9 Å². The molecule has 2 aromatic carbocycles. The molecule has 2 N–H and O–H groups in total. The lowest BCUT2D eigenvalue weighted by atomic mass is 10.0. The van der Waals surface area contributed by atoms with Gasteiger partial charge in [-0.25, -0.2) is 9.59 Å². The molecule has 45 heavy (non-hydrogen) atoms. The smallest absolute Gasteiger partial charge is 0.407 e. The van der Waals surface area contributed by atoms with Crippen molar-refractivity contribution >= 4 is 41.2 Å². The molecule has 0 aliphatic carbocycles. The van der Waals surface area contributed by atoms with Crippen LogP contribution in [0.3, 0.4) is 0 Å². The number of alkyl carbamates (subject to hydrolysis) is 1. The molecular weight excluding hydrogens is 596 g/mol. The van der Waals surface area contributed by atoms with E-state index in [2.05, 4.69) is 10.6 Å². The number of para-hydroxylation sites is 1. The number of hydrogen-bond donors (Lipinski definition) is 2. The standard InChI is InChI=1S/C34H47ClN4O6/c1-32(2,3)44-30(42)34(7,8)39(26-13-10-9-11-14-26)22-28(40)37-29(41)27-15-12-18-38(27)21-24-19-25(35)17-16-23(24)20-36-31(43)45-33(4,5)6/h9-11,13-14,16-17,19,27H,12,15,18,20-22H2,1-8H3,(H,36,43)(H,37,40,41)/t27-/m0/s1. The number of ether oxygens (including phenoxy) is 2. The Bertz CT molecular complexity index is 1370. The number of carbonyl (C=O) groups excluding carboxylic acids is 4. The number of nitrogens with one attached hydrogen (secondary N) is 2. The zero-order valence-electron chi connectivity index (χ0n) is 27.7. The highest BCUT2D eigenvalue weighted by Gasteiger charge is 2.40. The van der Waals surface area contributed by atoms with Crippen LogP contribution in [0, 0.1) is 0 Å². The zero-order valence-corrected chi connectivity index (χ0v) is 28.4. The van der Waals surface area contributed by atoms with E-state index in [1.54, 1.807) is 78.5 Å². The van der Waals surface area contributed by atoms with Crippen LogP contribution in [-0.2, 0) is 36.9 Å². The van der Waals surface area contributed by atoms with Gasteiger partial charge in [-0.05, 0) is 110 Å². The molecule has 1 fully saturated rings. The van der Waals surface area contributed by atoms with Crippen LogP contribution in [0.4, 0.5) is 10.5 Å². The van der Waals surface area contributed by atoms with Gasteiger partial charge in [0.1, 0.15) is 16.7 Å². The first-order valence-electron chi connectivity index (χ1n) is 15.2. The van der Waals surface area contributed by atoms with Crippen LogP contribution in [0.1, 0.15) is 79.4 Å². The van der Waals surface area contributed by atoms with Crippen LogP contribution in [-0.4, -0.2) is 64.6 Å². The van der Waals surface area contributed by atoms with E-state index in [4.69, 9.17) is 21.1 Å². The van der Waals surface area contributed by atoms with E-state index in [9.17, 15) is 19.2 Å². The Kier molecular flexibility index (Phi) is 11.7. The van der Waals surface area contributed by atoms with E-state index < -0.39 is 46.7 Å². The van der Waals surface area contributed by atoms with Gasteiger partial charge in [-0.3, -0.25) is 19.8 Å². The number of halogens is 1. The highest BCUT2D eigenvalue weighted by atomic mass is 35.5. The number of esters is 1. The van der Waals surface area contributed by atoms with Crippen LogP contribution in [0.15, 0.2) is 48.5 Å². The lowest BCUT2D eigenvalue weighted by Crippen LogP contribution is -2.57. The molecule has 1 atom stereocenters. The van der Waals surface area contributed by atoms with Crippen LogP contribution in [0.2, 0.25) is 5.02 Å². The molecule has 1 saturated heterocycles. The molecule has 10 nitrogen and oxygen atoms in total. The van der Waals surface area contributed by atoms with E-state index in [-0.39, 0.29) is 13.1 Å². The van der Waals surface area contributed by atoms with Gasteiger partial charge in [0, 0.05) is 23.8 Å². The Morgan fingerprint density at radius 1 is 0.911 bits per heavy atom. The summed E-state index contributed by atoms with van der Waals surface area (Å²) in [6.07, 6.45) is 0.830. The molecule has 0 bridgehead atoms. The summed E-state index contributed by atoms with van der Waals surface area (Å²) in [5, 5.41) is 5.89. The van der Waals surface area contributed by atoms with Gasteiger partial charge < -0.3 is 19.7 Å². The number of nitrogens with zero attached hydrogens (tertiary/aromatic N) is 2. The molecule has 246 valence electrons. The molecule has 0 unspecified atom stereocenters. The van der Waals surface area contributed by atoms with Crippen molar-refractivity contribution in [2.45, 2.75) is 104 Å². The Labute approximate surface area is 271 Å². The molecule has 2 aromatic rings. The van der Waals surface area contributed by atoms with Crippen molar-refractivity contribution in [1.82, 2.24) is 15.5 Å². The van der Waals surface area contributed by atoms with E-state index in [1.807, 2.05) is 35.2 Å². The van der Waals surface area contributed by atoms with Crippen molar-refractivity contribution in [3.63, 3.8) is 0 Å². The van der Waals surface area contributed by atoms with Crippen molar-refractivity contribution < 1.29 is 28.7 Å². The maximum Gasteiger partial charge on any atom is 0.407 e. The first-order valence-corrected chi connectivity index (χ1v) is 15.6. The van der Waals surface area contributed by atoms with Crippen LogP contribution >= 0.6 is 11.6 Å². The fourth-order valence-corrected chi connectivity index (χ4v) is 5.26. The van der Waals surface area contributed by atoms with Gasteiger partial charge in [0.25, 0.3) is 0 Å². The molecule has 0 aromatic heterocycles. The highest BCUT2D eigenvalue weighted by Crippen LogP contribution is 2.28. The van der Waals surface area contributed by atoms with E-state index in [1.165, 1.54) is 0 Å². The lowest BCUT2D eigenvalue weighted by molar-refractivity contribution is -0.160. The van der Waals surface area contributed by atoms with E-state index >= 15 is 0 Å².